The van der Waals surface area contributed by atoms with Gasteiger partial charge in [-0.3, -0.25) is 0 Å². The Morgan fingerprint density at radius 2 is 2.27 bits per heavy atom. The first-order valence-electron chi connectivity index (χ1n) is 5.10. The van der Waals surface area contributed by atoms with E-state index < -0.39 is 0 Å². The summed E-state index contributed by atoms with van der Waals surface area (Å²) >= 11 is 5.78. The maximum absolute atomic E-state index is 5.78. The number of halogens is 1. The molecule has 0 aliphatic rings. The number of hydrogen-bond acceptors (Lipinski definition) is 3. The topological polar surface area (TPSA) is 28.2 Å². The largest absolute Gasteiger partial charge is 0.359 e. The first-order chi connectivity index (χ1) is 7.13. The van der Waals surface area contributed by atoms with Crippen LogP contribution in [0.15, 0.2) is 18.3 Å². The van der Waals surface area contributed by atoms with Crippen LogP contribution in [0.3, 0.4) is 0 Å². The summed E-state index contributed by atoms with van der Waals surface area (Å²) in [5, 5.41) is 3.84. The molecule has 0 aromatic carbocycles. The fourth-order valence-corrected chi connectivity index (χ4v) is 1.68. The first-order valence-corrected chi connectivity index (χ1v) is 5.48. The average Bonchev–Trinajstić information content (AvgIpc) is 2.18. The van der Waals surface area contributed by atoms with Crippen LogP contribution in [0.1, 0.15) is 6.92 Å². The molecule has 0 saturated heterocycles. The molecule has 1 heterocycles. The van der Waals surface area contributed by atoms with E-state index in [0.29, 0.717) is 10.9 Å². The average molecular weight is 228 g/mol. The maximum atomic E-state index is 5.78. The highest BCUT2D eigenvalue weighted by molar-refractivity contribution is 6.30. The van der Waals surface area contributed by atoms with Gasteiger partial charge in [0.15, 0.2) is 0 Å². The number of rotatable bonds is 5. The van der Waals surface area contributed by atoms with Crippen molar-refractivity contribution >= 4 is 17.4 Å². The highest BCUT2D eigenvalue weighted by atomic mass is 35.5. The normalized spacial score (nSPS) is 12.5. The highest BCUT2D eigenvalue weighted by Gasteiger charge is 2.07. The fraction of sp³-hybridized carbons (Fsp3) is 0.545. The zero-order valence-electron chi connectivity index (χ0n) is 9.50. The molecule has 15 heavy (non-hydrogen) atoms. The second-order valence-electron chi connectivity index (χ2n) is 3.88. The Kier molecular flexibility index (Phi) is 4.85. The Labute approximate surface area is 96.5 Å². The molecule has 1 atom stereocenters. The van der Waals surface area contributed by atoms with Gasteiger partial charge in [-0.15, -0.1) is 0 Å². The minimum absolute atomic E-state index is 0.595. The van der Waals surface area contributed by atoms with E-state index in [-0.39, 0.29) is 0 Å². The first kappa shape index (κ1) is 12.3. The van der Waals surface area contributed by atoms with Crippen molar-refractivity contribution in [2.24, 2.45) is 5.92 Å². The second-order valence-corrected chi connectivity index (χ2v) is 4.31. The number of hydrogen-bond donors (Lipinski definition) is 1. The number of aromatic nitrogens is 1. The number of nitrogens with zero attached hydrogens (tertiary/aromatic N) is 2. The molecule has 0 aliphatic heterocycles. The smallest absolute Gasteiger partial charge is 0.128 e. The number of pyridine rings is 1. The van der Waals surface area contributed by atoms with Gasteiger partial charge in [0, 0.05) is 19.8 Å². The summed E-state index contributed by atoms with van der Waals surface area (Å²) in [7, 11) is 4.01. The summed E-state index contributed by atoms with van der Waals surface area (Å²) in [4.78, 5) is 6.40. The summed E-state index contributed by atoms with van der Waals surface area (Å²) in [6.45, 7) is 4.20. The van der Waals surface area contributed by atoms with Crippen LogP contribution >= 0.6 is 11.6 Å². The van der Waals surface area contributed by atoms with Crippen molar-refractivity contribution in [1.29, 1.82) is 0 Å². The van der Waals surface area contributed by atoms with Crippen LogP contribution in [0.2, 0.25) is 5.02 Å². The molecule has 1 unspecified atom stereocenters. The zero-order valence-corrected chi connectivity index (χ0v) is 10.3. The Balaban J connectivity index is 2.53. The van der Waals surface area contributed by atoms with E-state index in [9.17, 15) is 0 Å². The van der Waals surface area contributed by atoms with Crippen LogP contribution < -0.4 is 10.2 Å². The summed E-state index contributed by atoms with van der Waals surface area (Å²) in [5.74, 6) is 1.56. The molecule has 1 aromatic rings. The van der Waals surface area contributed by atoms with Crippen molar-refractivity contribution < 1.29 is 0 Å². The van der Waals surface area contributed by atoms with Crippen molar-refractivity contribution in [3.05, 3.63) is 23.4 Å². The predicted octanol–water partition coefficient (Wildman–Crippen LogP) is 2.03. The summed E-state index contributed by atoms with van der Waals surface area (Å²) in [6.07, 6.45) is 1.68. The SMILES string of the molecule is CNCC(C)CN(C)c1ccc(Cl)cn1. The summed E-state index contributed by atoms with van der Waals surface area (Å²) in [6, 6.07) is 3.80. The summed E-state index contributed by atoms with van der Waals surface area (Å²) < 4.78 is 0. The molecule has 3 nitrogen and oxygen atoms in total. The van der Waals surface area contributed by atoms with Crippen molar-refractivity contribution in [2.45, 2.75) is 6.92 Å². The Morgan fingerprint density at radius 1 is 1.53 bits per heavy atom. The molecule has 0 bridgehead atoms. The van der Waals surface area contributed by atoms with Crippen LogP contribution in [0.25, 0.3) is 0 Å². The Bertz CT molecular complexity index is 286. The van der Waals surface area contributed by atoms with Crippen LogP contribution in [0, 0.1) is 5.92 Å². The Morgan fingerprint density at radius 3 is 2.80 bits per heavy atom. The lowest BCUT2D eigenvalue weighted by molar-refractivity contribution is 0.541. The molecular formula is C11H18ClN3. The van der Waals surface area contributed by atoms with E-state index in [0.717, 1.165) is 18.9 Å². The van der Waals surface area contributed by atoms with Gasteiger partial charge in [-0.25, -0.2) is 4.98 Å². The number of anilines is 1. The van der Waals surface area contributed by atoms with Gasteiger partial charge in [0.25, 0.3) is 0 Å². The van der Waals surface area contributed by atoms with Gasteiger partial charge in [-0.2, -0.15) is 0 Å². The van der Waals surface area contributed by atoms with Crippen LogP contribution in [-0.4, -0.2) is 32.2 Å². The second kappa shape index (κ2) is 5.93. The van der Waals surface area contributed by atoms with Crippen LogP contribution in [0.4, 0.5) is 5.82 Å². The third kappa shape index (κ3) is 4.06. The lowest BCUT2D eigenvalue weighted by atomic mass is 10.1. The monoisotopic (exact) mass is 227 g/mol. The molecular weight excluding hydrogens is 210 g/mol. The van der Waals surface area contributed by atoms with Crippen LogP contribution in [-0.2, 0) is 0 Å². The lowest BCUT2D eigenvalue weighted by Crippen LogP contribution is -2.30. The molecule has 1 rings (SSSR count). The van der Waals surface area contributed by atoms with E-state index in [1.165, 1.54) is 0 Å². The molecule has 0 spiro atoms. The van der Waals surface area contributed by atoms with Crippen molar-refractivity contribution in [2.75, 3.05) is 32.1 Å². The van der Waals surface area contributed by atoms with Crippen molar-refractivity contribution in [1.82, 2.24) is 10.3 Å². The van der Waals surface area contributed by atoms with Crippen molar-refractivity contribution in [3.8, 4) is 0 Å². The fourth-order valence-electron chi connectivity index (χ4n) is 1.57. The molecule has 0 aliphatic carbocycles. The Hall–Kier alpha value is -0.800. The maximum Gasteiger partial charge on any atom is 0.128 e. The van der Waals surface area contributed by atoms with E-state index >= 15 is 0 Å². The van der Waals surface area contributed by atoms with Gasteiger partial charge in [0.2, 0.25) is 0 Å². The minimum Gasteiger partial charge on any atom is -0.359 e. The molecule has 0 radical (unpaired) electrons. The number of nitrogens with one attached hydrogen (secondary N) is 1. The van der Waals surface area contributed by atoms with E-state index in [1.807, 2.05) is 26.2 Å². The van der Waals surface area contributed by atoms with Gasteiger partial charge < -0.3 is 10.2 Å². The zero-order chi connectivity index (χ0) is 11.3. The quantitative estimate of drug-likeness (QED) is 0.835. The van der Waals surface area contributed by atoms with Gasteiger partial charge in [-0.1, -0.05) is 18.5 Å². The molecule has 84 valence electrons. The van der Waals surface area contributed by atoms with Gasteiger partial charge in [0.05, 0.1) is 5.02 Å². The van der Waals surface area contributed by atoms with Crippen molar-refractivity contribution in [3.63, 3.8) is 0 Å². The van der Waals surface area contributed by atoms with Gasteiger partial charge >= 0.3 is 0 Å². The lowest BCUT2D eigenvalue weighted by Gasteiger charge is -2.22. The van der Waals surface area contributed by atoms with Gasteiger partial charge in [-0.05, 0) is 31.6 Å². The highest BCUT2D eigenvalue weighted by Crippen LogP contribution is 2.13. The molecule has 0 fully saturated rings. The van der Waals surface area contributed by atoms with E-state index in [2.05, 4.69) is 22.1 Å². The molecule has 0 amide bonds. The van der Waals surface area contributed by atoms with E-state index in [4.69, 9.17) is 11.6 Å². The molecule has 4 heteroatoms. The standard InChI is InChI=1S/C11H18ClN3/c1-9(6-13-2)8-15(3)11-5-4-10(12)7-14-11/h4-5,7,9,13H,6,8H2,1-3H3. The third-order valence-corrected chi connectivity index (χ3v) is 2.46. The third-order valence-electron chi connectivity index (χ3n) is 2.24. The predicted molar refractivity (Wildman–Crippen MR) is 65.6 cm³/mol. The van der Waals surface area contributed by atoms with Gasteiger partial charge in [0.1, 0.15) is 5.82 Å². The molecule has 1 aromatic heterocycles. The summed E-state index contributed by atoms with van der Waals surface area (Å²) in [5.41, 5.74) is 0. The van der Waals surface area contributed by atoms with Crippen LogP contribution in [0.5, 0.6) is 0 Å². The molecule has 0 saturated carbocycles. The minimum atomic E-state index is 0.595. The van der Waals surface area contributed by atoms with E-state index in [1.54, 1.807) is 6.20 Å². The molecule has 1 N–H and O–H groups in total.